The number of carbonyl (C=O) groups is 1. The Morgan fingerprint density at radius 2 is 1.83 bits per heavy atom. The minimum atomic E-state index is -1.35. The second kappa shape index (κ2) is 9.31. The highest BCUT2D eigenvalue weighted by atomic mass is 35.5. The number of rotatable bonds is 5. The highest BCUT2D eigenvalue weighted by Crippen LogP contribution is 2.33. The van der Waals surface area contributed by atoms with Crippen molar-refractivity contribution < 1.29 is 13.7 Å². The number of ether oxygens (including phenoxy) is 1. The summed E-state index contributed by atoms with van der Waals surface area (Å²) < 4.78 is 20.7. The molecule has 0 fully saturated rings. The van der Waals surface area contributed by atoms with Crippen LogP contribution in [-0.4, -0.2) is 25.6 Å². The molecule has 0 bridgehead atoms. The lowest BCUT2D eigenvalue weighted by atomic mass is 10.1. The molecule has 1 aromatic heterocycles. The largest absolute Gasteiger partial charge is 0.444 e. The van der Waals surface area contributed by atoms with E-state index in [-0.39, 0.29) is 0 Å². The fraction of sp³-hybridized carbons (Fsp3) is 0.474. The van der Waals surface area contributed by atoms with Crippen LogP contribution in [-0.2, 0) is 15.7 Å². The van der Waals surface area contributed by atoms with Crippen molar-refractivity contribution in [3.8, 4) is 0 Å². The van der Waals surface area contributed by atoms with Crippen LogP contribution in [0.4, 0.5) is 9.93 Å². The number of aromatic nitrogens is 1. The summed E-state index contributed by atoms with van der Waals surface area (Å²) in [6.07, 6.45) is 1.04. The zero-order valence-corrected chi connectivity index (χ0v) is 20.3. The normalized spacial score (nSPS) is 14.3. The van der Waals surface area contributed by atoms with Gasteiger partial charge in [0.15, 0.2) is 5.13 Å². The van der Waals surface area contributed by atoms with E-state index in [1.54, 1.807) is 39.1 Å². The fourth-order valence-electron chi connectivity index (χ4n) is 2.13. The Kier molecular flexibility index (Phi) is 7.73. The SMILES string of the molecule is CC(C)(C)OC(=O)Nc1ncc(C(NS(=O)C(C)(C)C)c2ccc(Cl)c(Cl)c2)s1. The molecule has 2 rings (SSSR count). The van der Waals surface area contributed by atoms with Crippen molar-refractivity contribution in [2.75, 3.05) is 5.32 Å². The molecule has 0 spiro atoms. The number of nitrogens with zero attached hydrogens (tertiary/aromatic N) is 1. The number of benzene rings is 1. The van der Waals surface area contributed by atoms with Gasteiger partial charge in [0.1, 0.15) is 5.60 Å². The number of thiazole rings is 1. The molecule has 0 saturated carbocycles. The molecule has 0 aliphatic heterocycles. The van der Waals surface area contributed by atoms with Gasteiger partial charge >= 0.3 is 6.09 Å². The molecule has 2 unspecified atom stereocenters. The van der Waals surface area contributed by atoms with Crippen LogP contribution in [0.3, 0.4) is 0 Å². The quantitative estimate of drug-likeness (QED) is 0.558. The maximum atomic E-state index is 12.8. The maximum absolute atomic E-state index is 12.8. The van der Waals surface area contributed by atoms with Crippen molar-refractivity contribution in [3.63, 3.8) is 0 Å². The summed E-state index contributed by atoms with van der Waals surface area (Å²) in [4.78, 5) is 17.0. The Labute approximate surface area is 187 Å². The van der Waals surface area contributed by atoms with Gasteiger partial charge < -0.3 is 4.74 Å². The second-order valence-electron chi connectivity index (χ2n) is 8.30. The molecule has 0 radical (unpaired) electrons. The summed E-state index contributed by atoms with van der Waals surface area (Å²) >= 11 is 13.5. The predicted octanol–water partition coefficient (Wildman–Crippen LogP) is 5.94. The van der Waals surface area contributed by atoms with Gasteiger partial charge in [0, 0.05) is 11.1 Å². The molecule has 0 aliphatic carbocycles. The number of hydrogen-bond donors (Lipinski definition) is 2. The van der Waals surface area contributed by atoms with E-state index in [9.17, 15) is 9.00 Å². The van der Waals surface area contributed by atoms with E-state index in [2.05, 4.69) is 15.0 Å². The van der Waals surface area contributed by atoms with Gasteiger partial charge in [-0.2, -0.15) is 0 Å². The van der Waals surface area contributed by atoms with E-state index < -0.39 is 33.5 Å². The summed E-state index contributed by atoms with van der Waals surface area (Å²) in [5, 5.41) is 3.83. The zero-order valence-electron chi connectivity index (χ0n) is 17.1. The Balaban J connectivity index is 2.32. The molecule has 6 nitrogen and oxygen atoms in total. The molecule has 1 amide bonds. The molecular formula is C19H25Cl2N3O3S2. The smallest absolute Gasteiger partial charge is 0.413 e. The minimum absolute atomic E-state index is 0.377. The average molecular weight is 478 g/mol. The van der Waals surface area contributed by atoms with Gasteiger partial charge in [-0.15, -0.1) is 0 Å². The first kappa shape index (κ1) is 24.1. The molecular weight excluding hydrogens is 453 g/mol. The number of carbonyl (C=O) groups excluding carboxylic acids is 1. The average Bonchev–Trinajstić information content (AvgIpc) is 3.00. The van der Waals surface area contributed by atoms with Crippen molar-refractivity contribution in [1.82, 2.24) is 9.71 Å². The van der Waals surface area contributed by atoms with E-state index in [1.165, 1.54) is 11.3 Å². The molecule has 1 heterocycles. The Morgan fingerprint density at radius 3 is 2.38 bits per heavy atom. The van der Waals surface area contributed by atoms with Crippen LogP contribution in [0.25, 0.3) is 0 Å². The first-order chi connectivity index (χ1) is 13.3. The fourth-order valence-corrected chi connectivity index (χ4v) is 4.23. The number of amides is 1. The van der Waals surface area contributed by atoms with E-state index in [1.807, 2.05) is 26.8 Å². The lowest BCUT2D eigenvalue weighted by Gasteiger charge is -2.24. The Hall–Kier alpha value is -1.19. The van der Waals surface area contributed by atoms with E-state index in [0.717, 1.165) is 10.4 Å². The van der Waals surface area contributed by atoms with E-state index in [4.69, 9.17) is 27.9 Å². The van der Waals surface area contributed by atoms with E-state index >= 15 is 0 Å². The third-order valence-electron chi connectivity index (χ3n) is 3.47. The van der Waals surface area contributed by atoms with Crippen LogP contribution in [0.15, 0.2) is 24.4 Å². The summed E-state index contributed by atoms with van der Waals surface area (Å²) in [7, 11) is -1.35. The summed E-state index contributed by atoms with van der Waals surface area (Å²) in [5.74, 6) is 0. The zero-order chi connectivity index (χ0) is 22.0. The van der Waals surface area contributed by atoms with Gasteiger partial charge in [-0.05, 0) is 59.2 Å². The number of anilines is 1. The van der Waals surface area contributed by atoms with Gasteiger partial charge in [-0.1, -0.05) is 40.6 Å². The summed E-state index contributed by atoms with van der Waals surface area (Å²) in [5.41, 5.74) is 0.169. The van der Waals surface area contributed by atoms with Gasteiger partial charge in [-0.3, -0.25) is 5.32 Å². The molecule has 2 N–H and O–H groups in total. The van der Waals surface area contributed by atoms with Crippen molar-refractivity contribution in [2.45, 2.75) is 57.9 Å². The van der Waals surface area contributed by atoms with Crippen LogP contribution in [0, 0.1) is 0 Å². The lowest BCUT2D eigenvalue weighted by Crippen LogP contribution is -2.36. The molecule has 1 aromatic carbocycles. The van der Waals surface area contributed by atoms with Crippen LogP contribution >= 0.6 is 34.5 Å². The number of halogens is 2. The summed E-state index contributed by atoms with van der Waals surface area (Å²) in [6.45, 7) is 11.0. The van der Waals surface area contributed by atoms with Crippen molar-refractivity contribution in [1.29, 1.82) is 0 Å². The van der Waals surface area contributed by atoms with Gasteiger partial charge in [-0.25, -0.2) is 18.7 Å². The highest BCUT2D eigenvalue weighted by molar-refractivity contribution is 7.84. The Morgan fingerprint density at radius 1 is 1.17 bits per heavy atom. The van der Waals surface area contributed by atoms with Crippen molar-refractivity contribution >= 4 is 56.7 Å². The standard InChI is InChI=1S/C19H25Cl2N3O3S2/c1-18(2,3)27-17(25)23-16-22-10-14(28-16)15(24-29(26)19(4,5)6)11-7-8-12(20)13(21)9-11/h7-10,15,24H,1-6H3,(H,22,23,25). The first-order valence-electron chi connectivity index (χ1n) is 8.85. The number of hydrogen-bond acceptors (Lipinski definition) is 5. The molecule has 2 atom stereocenters. The van der Waals surface area contributed by atoms with E-state index in [0.29, 0.717) is 15.2 Å². The van der Waals surface area contributed by atoms with Crippen LogP contribution in [0.2, 0.25) is 10.0 Å². The molecule has 160 valence electrons. The first-order valence-corrected chi connectivity index (χ1v) is 11.6. The van der Waals surface area contributed by atoms with Gasteiger partial charge in [0.05, 0.1) is 31.8 Å². The third-order valence-corrected chi connectivity index (χ3v) is 6.75. The number of nitrogens with one attached hydrogen (secondary N) is 2. The summed E-state index contributed by atoms with van der Waals surface area (Å²) in [6, 6.07) is 4.78. The van der Waals surface area contributed by atoms with Crippen LogP contribution in [0.5, 0.6) is 0 Å². The molecule has 0 saturated heterocycles. The second-order valence-corrected chi connectivity index (χ2v) is 12.2. The monoisotopic (exact) mass is 477 g/mol. The topological polar surface area (TPSA) is 80.3 Å². The highest BCUT2D eigenvalue weighted by Gasteiger charge is 2.27. The Bertz CT molecular complexity index is 905. The molecule has 29 heavy (non-hydrogen) atoms. The maximum Gasteiger partial charge on any atom is 0.413 e. The minimum Gasteiger partial charge on any atom is -0.444 e. The van der Waals surface area contributed by atoms with Crippen LogP contribution < -0.4 is 10.0 Å². The van der Waals surface area contributed by atoms with Gasteiger partial charge in [0.2, 0.25) is 0 Å². The predicted molar refractivity (Wildman–Crippen MR) is 121 cm³/mol. The molecule has 10 heteroatoms. The van der Waals surface area contributed by atoms with Gasteiger partial charge in [0.25, 0.3) is 0 Å². The van der Waals surface area contributed by atoms with Crippen molar-refractivity contribution in [3.05, 3.63) is 44.9 Å². The van der Waals surface area contributed by atoms with Crippen LogP contribution in [0.1, 0.15) is 58.0 Å². The van der Waals surface area contributed by atoms with Crippen molar-refractivity contribution in [2.24, 2.45) is 0 Å². The third kappa shape index (κ3) is 7.22. The molecule has 2 aromatic rings. The molecule has 0 aliphatic rings. The lowest BCUT2D eigenvalue weighted by molar-refractivity contribution is 0.0636.